The normalized spacial score (nSPS) is 13.8. The summed E-state index contributed by atoms with van der Waals surface area (Å²) in [6.07, 6.45) is -0.970. The van der Waals surface area contributed by atoms with Crippen molar-refractivity contribution < 1.29 is 93.2 Å². The quantitative estimate of drug-likeness (QED) is 0.0373. The number of carboxylic acid groups (broad SMARTS) is 7. The van der Waals surface area contributed by atoms with Crippen LogP contribution in [0.1, 0.15) is 105 Å². The highest BCUT2D eigenvalue weighted by Gasteiger charge is 2.44. The average Bonchev–Trinajstić information content (AvgIpc) is 3.10. The van der Waals surface area contributed by atoms with Gasteiger partial charge in [-0.1, -0.05) is 27.7 Å². The third-order valence-electron chi connectivity index (χ3n) is 9.04. The number of carbonyl (C=O) groups is 11. The Bertz CT molecular complexity index is 1490. The summed E-state index contributed by atoms with van der Waals surface area (Å²) in [5.41, 5.74) is -3.32. The number of likely N-dealkylation sites (N-methyl/N-ethyl adjacent to an activating group) is 2. The predicted octanol–water partition coefficient (Wildman–Crippen LogP) is 1.56. The van der Waals surface area contributed by atoms with Crippen LogP contribution in [-0.4, -0.2) is 161 Å². The number of Topliss-reactive ketones (excluding diaryl/α,β-unsaturated/α-hetero) is 4. The standard InChI is InChI=1S/C20H31NO11.C17H27NO8/c1-12(2)10-13(16(24)25)21(3)11-20(19(30)31,8-4-6-14(22)17(26)27)32-9-5-7-15(23)18(28)29;1-11(2)10-17(16(25)26,8-4-6-12(19)14(21)22)18(3)9-5-7-13(20)15(23)24/h12-13H,4-11H2,1-3H3,(H,24,25)(H,26,27)(H,28,29)(H,30,31);11H,4-10H2,1-3H3,(H,21,22)(H,23,24)(H,25,26)/t13-,20+;17-/m00/s1. The topological polar surface area (TPSA) is 345 Å². The first-order valence-corrected chi connectivity index (χ1v) is 18.5. The van der Waals surface area contributed by atoms with Crippen molar-refractivity contribution in [3.63, 3.8) is 0 Å². The van der Waals surface area contributed by atoms with E-state index >= 15 is 0 Å². The van der Waals surface area contributed by atoms with E-state index in [1.54, 1.807) is 11.9 Å². The Hall–Kier alpha value is -5.15. The van der Waals surface area contributed by atoms with Crippen LogP contribution in [0, 0.1) is 11.8 Å². The van der Waals surface area contributed by atoms with Crippen LogP contribution in [0.4, 0.5) is 0 Å². The summed E-state index contributed by atoms with van der Waals surface area (Å²) in [5.74, 6) is -14.1. The smallest absolute Gasteiger partial charge is 0.372 e. The zero-order chi connectivity index (χ0) is 45.6. The summed E-state index contributed by atoms with van der Waals surface area (Å²) < 4.78 is 5.53. The van der Waals surface area contributed by atoms with Crippen molar-refractivity contribution in [2.24, 2.45) is 11.8 Å². The molecule has 0 aromatic carbocycles. The molecule has 0 amide bonds. The first-order chi connectivity index (χ1) is 26.7. The lowest BCUT2D eigenvalue weighted by Gasteiger charge is -2.40. The monoisotopic (exact) mass is 834 g/mol. The van der Waals surface area contributed by atoms with Crippen LogP contribution in [0.25, 0.3) is 0 Å². The Kier molecular flexibility index (Phi) is 25.3. The molecule has 0 aromatic heterocycles. The first-order valence-electron chi connectivity index (χ1n) is 18.5. The van der Waals surface area contributed by atoms with Crippen LogP contribution in [0.3, 0.4) is 0 Å². The first kappa shape index (κ1) is 54.9. The summed E-state index contributed by atoms with van der Waals surface area (Å²) in [7, 11) is 2.99. The second kappa shape index (κ2) is 26.7. The molecule has 0 fully saturated rings. The third kappa shape index (κ3) is 20.3. The zero-order valence-corrected chi connectivity index (χ0v) is 33.8. The molecule has 3 atom stereocenters. The second-order valence-corrected chi connectivity index (χ2v) is 14.7. The Morgan fingerprint density at radius 3 is 1.33 bits per heavy atom. The number of nitrogens with zero attached hydrogens (tertiary/aromatic N) is 2. The largest absolute Gasteiger partial charge is 0.480 e. The third-order valence-corrected chi connectivity index (χ3v) is 9.04. The number of ketones is 4. The van der Waals surface area contributed by atoms with Crippen molar-refractivity contribution in [1.29, 1.82) is 0 Å². The molecule has 0 heterocycles. The minimum absolute atomic E-state index is 0.00563. The lowest BCUT2D eigenvalue weighted by atomic mass is 9.82. The van der Waals surface area contributed by atoms with Gasteiger partial charge in [0.05, 0.1) is 0 Å². The van der Waals surface area contributed by atoms with E-state index < -0.39 is 88.5 Å². The summed E-state index contributed by atoms with van der Waals surface area (Å²) in [5, 5.41) is 63.8. The minimum atomic E-state index is -2.00. The Morgan fingerprint density at radius 1 is 0.552 bits per heavy atom. The van der Waals surface area contributed by atoms with Gasteiger partial charge >= 0.3 is 41.8 Å². The van der Waals surface area contributed by atoms with Crippen LogP contribution in [0.15, 0.2) is 0 Å². The van der Waals surface area contributed by atoms with Crippen molar-refractivity contribution in [2.75, 3.05) is 33.8 Å². The average molecular weight is 835 g/mol. The van der Waals surface area contributed by atoms with Gasteiger partial charge in [0.15, 0.2) is 5.60 Å². The van der Waals surface area contributed by atoms with E-state index in [2.05, 4.69) is 0 Å². The fraction of sp³-hybridized carbons (Fsp3) is 0.703. The maximum Gasteiger partial charge on any atom is 0.372 e. The number of hydrogen-bond donors (Lipinski definition) is 7. The molecule has 0 aliphatic carbocycles. The summed E-state index contributed by atoms with van der Waals surface area (Å²) in [4.78, 5) is 126. The molecule has 58 heavy (non-hydrogen) atoms. The maximum absolute atomic E-state index is 12.2. The second-order valence-electron chi connectivity index (χ2n) is 14.7. The van der Waals surface area contributed by atoms with Gasteiger partial charge in [0, 0.05) is 38.8 Å². The van der Waals surface area contributed by atoms with E-state index in [0.29, 0.717) is 0 Å². The Morgan fingerprint density at radius 2 is 0.966 bits per heavy atom. The molecule has 0 unspecified atom stereocenters. The van der Waals surface area contributed by atoms with Gasteiger partial charge in [0.25, 0.3) is 0 Å². The van der Waals surface area contributed by atoms with Crippen LogP contribution in [0.2, 0.25) is 0 Å². The number of aliphatic carboxylic acids is 7. The van der Waals surface area contributed by atoms with E-state index in [1.807, 2.05) is 27.7 Å². The number of rotatable bonds is 32. The molecule has 7 N–H and O–H groups in total. The van der Waals surface area contributed by atoms with E-state index in [9.17, 15) is 68.1 Å². The fourth-order valence-corrected chi connectivity index (χ4v) is 6.04. The Labute approximate surface area is 335 Å². The van der Waals surface area contributed by atoms with Gasteiger partial charge in [0.2, 0.25) is 23.1 Å². The van der Waals surface area contributed by atoms with Crippen LogP contribution < -0.4 is 0 Å². The number of carbonyl (C=O) groups excluding carboxylic acids is 4. The molecular weight excluding hydrogens is 776 g/mol. The van der Waals surface area contributed by atoms with Gasteiger partial charge in [0.1, 0.15) is 11.6 Å². The highest BCUT2D eigenvalue weighted by molar-refractivity contribution is 6.33. The highest BCUT2D eigenvalue weighted by Crippen LogP contribution is 2.30. The van der Waals surface area contributed by atoms with Gasteiger partial charge in [-0.25, -0.2) is 24.0 Å². The SMILES string of the molecule is CC(C)C[C@@H](C(=O)O)N(C)C[C@@](CCCC(=O)C(=O)O)(OCCCC(=O)C(=O)O)C(=O)O.CC(C)C[C@@](CCCC(=O)C(=O)O)(C(=O)O)N(C)CCCC(=O)C(=O)O. The van der Waals surface area contributed by atoms with Crippen molar-refractivity contribution in [2.45, 2.75) is 122 Å². The zero-order valence-electron chi connectivity index (χ0n) is 33.8. The molecule has 0 saturated carbocycles. The van der Waals surface area contributed by atoms with Gasteiger partial charge < -0.3 is 40.5 Å². The van der Waals surface area contributed by atoms with Crippen molar-refractivity contribution in [3.05, 3.63) is 0 Å². The van der Waals surface area contributed by atoms with Crippen LogP contribution in [0.5, 0.6) is 0 Å². The highest BCUT2D eigenvalue weighted by atomic mass is 16.5. The maximum atomic E-state index is 12.2. The molecule has 21 nitrogen and oxygen atoms in total. The van der Waals surface area contributed by atoms with Crippen molar-refractivity contribution in [1.82, 2.24) is 9.80 Å². The molecular formula is C37H58N2O19. The molecule has 0 rings (SSSR count). The molecule has 0 bridgehead atoms. The van der Waals surface area contributed by atoms with Gasteiger partial charge in [-0.3, -0.25) is 38.6 Å². The van der Waals surface area contributed by atoms with E-state index in [1.165, 1.54) is 11.9 Å². The molecule has 0 aliphatic heterocycles. The molecule has 0 saturated heterocycles. The molecule has 0 aromatic rings. The minimum Gasteiger partial charge on any atom is -0.480 e. The fourth-order valence-electron chi connectivity index (χ4n) is 6.04. The van der Waals surface area contributed by atoms with E-state index in [0.717, 1.165) is 0 Å². The number of carboxylic acids is 7. The lowest BCUT2D eigenvalue weighted by Crippen LogP contribution is -2.54. The molecule has 21 heteroatoms. The van der Waals surface area contributed by atoms with Crippen LogP contribution >= 0.6 is 0 Å². The molecule has 0 aliphatic rings. The van der Waals surface area contributed by atoms with Crippen molar-refractivity contribution in [3.8, 4) is 0 Å². The van der Waals surface area contributed by atoms with Gasteiger partial charge in [-0.05, 0) is 83.8 Å². The van der Waals surface area contributed by atoms with Crippen LogP contribution in [-0.2, 0) is 57.5 Å². The lowest BCUT2D eigenvalue weighted by molar-refractivity contribution is -0.173. The number of hydrogen-bond acceptors (Lipinski definition) is 14. The summed E-state index contributed by atoms with van der Waals surface area (Å²) in [6.45, 7) is 6.80. The summed E-state index contributed by atoms with van der Waals surface area (Å²) in [6, 6.07) is -1.02. The van der Waals surface area contributed by atoms with Crippen molar-refractivity contribution >= 4 is 64.9 Å². The molecule has 0 spiro atoms. The summed E-state index contributed by atoms with van der Waals surface area (Å²) >= 11 is 0. The van der Waals surface area contributed by atoms with E-state index in [4.69, 9.17) is 25.2 Å². The molecule has 330 valence electrons. The Balaban J connectivity index is 0. The number of ether oxygens (including phenoxy) is 1. The van der Waals surface area contributed by atoms with Gasteiger partial charge in [-0.15, -0.1) is 0 Å². The van der Waals surface area contributed by atoms with Gasteiger partial charge in [-0.2, -0.15) is 0 Å². The molecule has 0 radical (unpaired) electrons. The van der Waals surface area contributed by atoms with E-state index in [-0.39, 0.29) is 102 Å². The predicted molar refractivity (Wildman–Crippen MR) is 199 cm³/mol.